The first-order chi connectivity index (χ1) is 9.58. The van der Waals surface area contributed by atoms with Crippen molar-refractivity contribution in [2.45, 2.75) is 33.6 Å². The van der Waals surface area contributed by atoms with Gasteiger partial charge in [0.05, 0.1) is 11.1 Å². The van der Waals surface area contributed by atoms with Gasteiger partial charge >= 0.3 is 0 Å². The lowest BCUT2D eigenvalue weighted by atomic mass is 9.99. The van der Waals surface area contributed by atoms with E-state index in [1.807, 2.05) is 17.0 Å². The Kier molecular flexibility index (Phi) is 3.28. The number of rotatable bonds is 1. The topological polar surface area (TPSA) is 36.1 Å². The van der Waals surface area contributed by atoms with E-state index in [-0.39, 0.29) is 5.91 Å². The molecule has 1 aromatic carbocycles. The van der Waals surface area contributed by atoms with Crippen molar-refractivity contribution in [2.24, 2.45) is 5.92 Å². The normalized spacial score (nSPS) is 19.6. The second-order valence-corrected chi connectivity index (χ2v) is 6.10. The maximum absolute atomic E-state index is 12.8. The van der Waals surface area contributed by atoms with Gasteiger partial charge in [0.1, 0.15) is 0 Å². The van der Waals surface area contributed by atoms with Crippen LogP contribution in [0.5, 0.6) is 0 Å². The minimum Gasteiger partial charge on any atom is -0.358 e. The highest BCUT2D eigenvalue weighted by molar-refractivity contribution is 6.06. The third kappa shape index (κ3) is 2.11. The number of fused-ring (bicyclic) bond motifs is 1. The number of aromatic amines is 1. The van der Waals surface area contributed by atoms with Gasteiger partial charge in [-0.05, 0) is 44.2 Å². The number of nitrogens with zero attached hydrogens (tertiary/aromatic N) is 1. The fraction of sp³-hybridized carbons (Fsp3) is 0.471. The monoisotopic (exact) mass is 270 g/mol. The quantitative estimate of drug-likeness (QED) is 0.843. The van der Waals surface area contributed by atoms with E-state index in [0.717, 1.165) is 36.3 Å². The highest BCUT2D eigenvalue weighted by atomic mass is 16.2. The molecule has 1 fully saturated rings. The molecule has 0 saturated carbocycles. The van der Waals surface area contributed by atoms with Crippen molar-refractivity contribution in [1.29, 1.82) is 0 Å². The van der Waals surface area contributed by atoms with Gasteiger partial charge < -0.3 is 9.88 Å². The number of nitrogens with one attached hydrogen (secondary N) is 1. The van der Waals surface area contributed by atoms with Gasteiger partial charge in [0.25, 0.3) is 5.91 Å². The Hall–Kier alpha value is -1.77. The first kappa shape index (κ1) is 13.2. The summed E-state index contributed by atoms with van der Waals surface area (Å²) in [6.07, 6.45) is 2.35. The van der Waals surface area contributed by atoms with E-state index in [1.165, 1.54) is 17.4 Å². The number of carbonyl (C=O) groups is 1. The minimum absolute atomic E-state index is 0.170. The second kappa shape index (κ2) is 4.97. The van der Waals surface area contributed by atoms with Crippen LogP contribution in [0.3, 0.4) is 0 Å². The van der Waals surface area contributed by atoms with Crippen LogP contribution in [0.1, 0.15) is 41.4 Å². The summed E-state index contributed by atoms with van der Waals surface area (Å²) in [6.45, 7) is 8.16. The predicted octanol–water partition coefficient (Wildman–Crippen LogP) is 3.66. The van der Waals surface area contributed by atoms with E-state index >= 15 is 0 Å². The van der Waals surface area contributed by atoms with Crippen LogP contribution in [0.4, 0.5) is 0 Å². The molecule has 0 radical (unpaired) electrons. The number of carbonyl (C=O) groups excluding carboxylic acids is 1. The van der Waals surface area contributed by atoms with Crippen LogP contribution in [0.25, 0.3) is 10.9 Å². The highest BCUT2D eigenvalue weighted by Gasteiger charge is 2.24. The number of amides is 1. The standard InChI is InChI=1S/C17H22N2O/c1-11-6-5-9-19(10-11)17(20)15-8-4-7-14-12(2)13(3)18-16(14)15/h4,7-8,11,18H,5-6,9-10H2,1-3H3/t11-/m1/s1. The maximum atomic E-state index is 12.8. The summed E-state index contributed by atoms with van der Waals surface area (Å²) in [4.78, 5) is 18.2. The molecule has 1 N–H and O–H groups in total. The number of hydrogen-bond acceptors (Lipinski definition) is 1. The lowest BCUT2D eigenvalue weighted by Crippen LogP contribution is -2.39. The molecule has 20 heavy (non-hydrogen) atoms. The number of aryl methyl sites for hydroxylation is 2. The molecule has 1 aromatic heterocycles. The number of piperidine rings is 1. The Morgan fingerprint density at radius 3 is 2.90 bits per heavy atom. The summed E-state index contributed by atoms with van der Waals surface area (Å²) >= 11 is 0. The third-order valence-electron chi connectivity index (χ3n) is 4.52. The van der Waals surface area contributed by atoms with Crippen molar-refractivity contribution in [2.75, 3.05) is 13.1 Å². The fourth-order valence-electron chi connectivity index (χ4n) is 3.21. The van der Waals surface area contributed by atoms with Crippen LogP contribution < -0.4 is 0 Å². The molecule has 0 unspecified atom stereocenters. The van der Waals surface area contributed by atoms with Gasteiger partial charge in [-0.3, -0.25) is 4.79 Å². The maximum Gasteiger partial charge on any atom is 0.255 e. The third-order valence-corrected chi connectivity index (χ3v) is 4.52. The van der Waals surface area contributed by atoms with Crippen LogP contribution >= 0.6 is 0 Å². The molecule has 0 spiro atoms. The average molecular weight is 270 g/mol. The van der Waals surface area contributed by atoms with Crippen molar-refractivity contribution in [3.63, 3.8) is 0 Å². The Balaban J connectivity index is 2.01. The van der Waals surface area contributed by atoms with Crippen LogP contribution in [-0.2, 0) is 0 Å². The smallest absolute Gasteiger partial charge is 0.255 e. The zero-order valence-electron chi connectivity index (χ0n) is 12.5. The molecular formula is C17H22N2O. The Morgan fingerprint density at radius 1 is 1.35 bits per heavy atom. The molecule has 3 heteroatoms. The molecular weight excluding hydrogens is 248 g/mol. The molecule has 1 aliphatic rings. The van der Waals surface area contributed by atoms with Gasteiger partial charge in [-0.1, -0.05) is 19.1 Å². The first-order valence-corrected chi connectivity index (χ1v) is 7.45. The molecule has 3 rings (SSSR count). The molecule has 1 amide bonds. The summed E-state index contributed by atoms with van der Waals surface area (Å²) in [7, 11) is 0. The van der Waals surface area contributed by atoms with Gasteiger partial charge in [0, 0.05) is 24.2 Å². The highest BCUT2D eigenvalue weighted by Crippen LogP contribution is 2.26. The van der Waals surface area contributed by atoms with Crippen molar-refractivity contribution < 1.29 is 4.79 Å². The minimum atomic E-state index is 0.170. The number of benzene rings is 1. The molecule has 106 valence electrons. The molecule has 1 saturated heterocycles. The van der Waals surface area contributed by atoms with Gasteiger partial charge in [-0.2, -0.15) is 0 Å². The Labute approximate surface area is 120 Å². The van der Waals surface area contributed by atoms with E-state index < -0.39 is 0 Å². The van der Waals surface area contributed by atoms with E-state index in [1.54, 1.807) is 0 Å². The number of hydrogen-bond donors (Lipinski definition) is 1. The van der Waals surface area contributed by atoms with Gasteiger partial charge in [-0.25, -0.2) is 0 Å². The van der Waals surface area contributed by atoms with Gasteiger partial charge in [-0.15, -0.1) is 0 Å². The van der Waals surface area contributed by atoms with Gasteiger partial charge in [0.15, 0.2) is 0 Å². The van der Waals surface area contributed by atoms with E-state index in [0.29, 0.717) is 5.92 Å². The average Bonchev–Trinajstić information content (AvgIpc) is 2.74. The number of H-pyrrole nitrogens is 1. The fourth-order valence-corrected chi connectivity index (χ4v) is 3.21. The molecule has 1 atom stereocenters. The zero-order chi connectivity index (χ0) is 14.3. The lowest BCUT2D eigenvalue weighted by molar-refractivity contribution is 0.0685. The summed E-state index contributed by atoms with van der Waals surface area (Å²) in [5.74, 6) is 0.780. The summed E-state index contributed by atoms with van der Waals surface area (Å²) < 4.78 is 0. The van der Waals surface area contributed by atoms with Gasteiger partial charge in [0.2, 0.25) is 0 Å². The number of aromatic nitrogens is 1. The molecule has 3 nitrogen and oxygen atoms in total. The summed E-state index contributed by atoms with van der Waals surface area (Å²) in [6, 6.07) is 6.02. The van der Waals surface area contributed by atoms with Crippen molar-refractivity contribution in [3.05, 3.63) is 35.0 Å². The lowest BCUT2D eigenvalue weighted by Gasteiger charge is -2.31. The Morgan fingerprint density at radius 2 is 2.15 bits per heavy atom. The molecule has 2 heterocycles. The van der Waals surface area contributed by atoms with Crippen molar-refractivity contribution in [3.8, 4) is 0 Å². The predicted molar refractivity (Wildman–Crippen MR) is 82.1 cm³/mol. The van der Waals surface area contributed by atoms with Crippen LogP contribution in [0.15, 0.2) is 18.2 Å². The molecule has 2 aromatic rings. The van der Waals surface area contributed by atoms with E-state index in [4.69, 9.17) is 0 Å². The Bertz CT molecular complexity index is 656. The summed E-state index contributed by atoms with van der Waals surface area (Å²) in [5, 5.41) is 1.17. The largest absolute Gasteiger partial charge is 0.358 e. The number of likely N-dealkylation sites (tertiary alicyclic amines) is 1. The van der Waals surface area contributed by atoms with E-state index in [9.17, 15) is 4.79 Å². The molecule has 0 bridgehead atoms. The van der Waals surface area contributed by atoms with Crippen LogP contribution in [-0.4, -0.2) is 28.9 Å². The first-order valence-electron chi connectivity index (χ1n) is 7.45. The second-order valence-electron chi connectivity index (χ2n) is 6.10. The zero-order valence-corrected chi connectivity index (χ0v) is 12.5. The summed E-state index contributed by atoms with van der Waals surface area (Å²) in [5.41, 5.74) is 4.19. The van der Waals surface area contributed by atoms with Crippen LogP contribution in [0, 0.1) is 19.8 Å². The van der Waals surface area contributed by atoms with E-state index in [2.05, 4.69) is 31.8 Å². The van der Waals surface area contributed by atoms with Crippen molar-refractivity contribution in [1.82, 2.24) is 9.88 Å². The van der Waals surface area contributed by atoms with Crippen LogP contribution in [0.2, 0.25) is 0 Å². The van der Waals surface area contributed by atoms with Crippen molar-refractivity contribution >= 4 is 16.8 Å². The number of para-hydroxylation sites is 1. The molecule has 1 aliphatic heterocycles. The SMILES string of the molecule is Cc1[nH]c2c(C(=O)N3CCC[C@@H](C)C3)cccc2c1C. The molecule has 0 aliphatic carbocycles.